The summed E-state index contributed by atoms with van der Waals surface area (Å²) in [6.07, 6.45) is 0. The Bertz CT molecular complexity index is 812. The van der Waals surface area contributed by atoms with Crippen molar-refractivity contribution in [2.75, 3.05) is 11.1 Å². The third-order valence-corrected chi connectivity index (χ3v) is 5.34. The Hall–Kier alpha value is -0.990. The molecule has 0 radical (unpaired) electrons. The van der Waals surface area contributed by atoms with Gasteiger partial charge in [-0.15, -0.1) is 0 Å². The Morgan fingerprint density at radius 3 is 2.33 bits per heavy atom. The van der Waals surface area contributed by atoms with Crippen molar-refractivity contribution in [1.29, 1.82) is 0 Å². The lowest BCUT2D eigenvalue weighted by atomic mass is 10.2. The molecule has 0 heterocycles. The first-order valence-electron chi connectivity index (χ1n) is 5.53. The Kier molecular flexibility index (Phi) is 4.69. The third-order valence-electron chi connectivity index (χ3n) is 2.66. The number of nitrogen functional groups attached to an aromatic ring is 1. The quantitative estimate of drug-likeness (QED) is 0.530. The highest BCUT2D eigenvalue weighted by molar-refractivity contribution is 9.10. The lowest BCUT2D eigenvalue weighted by molar-refractivity contribution is 0.598. The maximum Gasteiger partial charge on any atom is 0.238 e. The molecule has 0 aromatic heterocycles. The normalized spacial score (nSPS) is 11.4. The van der Waals surface area contributed by atoms with Crippen LogP contribution in [0.3, 0.4) is 0 Å². The van der Waals surface area contributed by atoms with E-state index in [1.807, 2.05) is 0 Å². The van der Waals surface area contributed by atoms with Crippen LogP contribution in [0, 0.1) is 0 Å². The molecule has 0 unspecified atom stereocenters. The largest absolute Gasteiger partial charge is 0.397 e. The van der Waals surface area contributed by atoms with Crippen LogP contribution in [0.15, 0.2) is 39.7 Å². The van der Waals surface area contributed by atoms with Crippen LogP contribution in [0.5, 0.6) is 0 Å². The summed E-state index contributed by atoms with van der Waals surface area (Å²) in [5.74, 6) is 0. The van der Waals surface area contributed by atoms with Crippen molar-refractivity contribution in [2.24, 2.45) is 5.14 Å². The van der Waals surface area contributed by atoms with Gasteiger partial charge in [-0.1, -0.05) is 23.2 Å². The summed E-state index contributed by atoms with van der Waals surface area (Å²) in [7, 11) is -3.82. The minimum absolute atomic E-state index is 0.0569. The number of sulfonamides is 1. The molecule has 0 spiro atoms. The van der Waals surface area contributed by atoms with Gasteiger partial charge < -0.3 is 11.1 Å². The number of primary sulfonamides is 1. The molecule has 5 N–H and O–H groups in total. The van der Waals surface area contributed by atoms with Gasteiger partial charge in [0.05, 0.1) is 32.0 Å². The molecule has 0 aliphatic rings. The van der Waals surface area contributed by atoms with Crippen molar-refractivity contribution >= 4 is 66.2 Å². The molecule has 0 atom stereocenters. The highest BCUT2D eigenvalue weighted by Crippen LogP contribution is 2.38. The first kappa shape index (κ1) is 16.4. The Morgan fingerprint density at radius 2 is 1.71 bits per heavy atom. The van der Waals surface area contributed by atoms with Crippen LogP contribution in [-0.4, -0.2) is 8.42 Å². The molecule has 2 rings (SSSR count). The second kappa shape index (κ2) is 6.02. The standard InChI is InChI=1S/C12H10BrCl2N3O2S/c13-7-2-4-9(12(15)11(7)14)18-10-5-6(21(17,19)20)1-3-8(10)16/h1-5,18H,16H2,(H2,17,19,20). The van der Waals surface area contributed by atoms with Crippen molar-refractivity contribution < 1.29 is 8.42 Å². The first-order valence-corrected chi connectivity index (χ1v) is 8.62. The van der Waals surface area contributed by atoms with E-state index < -0.39 is 10.0 Å². The van der Waals surface area contributed by atoms with Gasteiger partial charge in [0.25, 0.3) is 0 Å². The highest BCUT2D eigenvalue weighted by Gasteiger charge is 2.13. The molecule has 0 amide bonds. The van der Waals surface area contributed by atoms with Gasteiger partial charge in [0.15, 0.2) is 0 Å². The second-order valence-corrected chi connectivity index (χ2v) is 7.31. The molecule has 0 saturated carbocycles. The van der Waals surface area contributed by atoms with Crippen molar-refractivity contribution in [3.8, 4) is 0 Å². The van der Waals surface area contributed by atoms with E-state index in [0.29, 0.717) is 26.6 Å². The van der Waals surface area contributed by atoms with Gasteiger partial charge in [-0.05, 0) is 46.3 Å². The zero-order valence-electron chi connectivity index (χ0n) is 10.4. The number of nitrogens with one attached hydrogen (secondary N) is 1. The van der Waals surface area contributed by atoms with Crippen LogP contribution in [0.1, 0.15) is 0 Å². The number of hydrogen-bond donors (Lipinski definition) is 3. The van der Waals surface area contributed by atoms with E-state index in [9.17, 15) is 8.42 Å². The molecule has 5 nitrogen and oxygen atoms in total. The topological polar surface area (TPSA) is 98.2 Å². The predicted molar refractivity (Wildman–Crippen MR) is 89.7 cm³/mol. The number of nitrogens with two attached hydrogens (primary N) is 2. The molecule has 21 heavy (non-hydrogen) atoms. The molecule has 2 aromatic rings. The van der Waals surface area contributed by atoms with Crippen molar-refractivity contribution in [3.63, 3.8) is 0 Å². The van der Waals surface area contributed by atoms with Gasteiger partial charge in [0.2, 0.25) is 10.0 Å². The second-order valence-electron chi connectivity index (χ2n) is 4.14. The summed E-state index contributed by atoms with van der Waals surface area (Å²) < 4.78 is 23.4. The van der Waals surface area contributed by atoms with E-state index in [2.05, 4.69) is 21.2 Å². The monoisotopic (exact) mass is 409 g/mol. The first-order chi connectivity index (χ1) is 9.70. The fourth-order valence-electron chi connectivity index (χ4n) is 1.59. The summed E-state index contributed by atoms with van der Waals surface area (Å²) in [4.78, 5) is -0.0569. The molecule has 0 aliphatic heterocycles. The van der Waals surface area contributed by atoms with Crippen LogP contribution in [-0.2, 0) is 10.0 Å². The van der Waals surface area contributed by atoms with Crippen LogP contribution < -0.4 is 16.2 Å². The van der Waals surface area contributed by atoms with Crippen LogP contribution in [0.4, 0.5) is 17.1 Å². The lowest BCUT2D eigenvalue weighted by Crippen LogP contribution is -2.12. The van der Waals surface area contributed by atoms with Crippen LogP contribution >= 0.6 is 39.1 Å². The van der Waals surface area contributed by atoms with E-state index in [-0.39, 0.29) is 9.92 Å². The fraction of sp³-hybridized carbons (Fsp3) is 0. The summed E-state index contributed by atoms with van der Waals surface area (Å²) in [5, 5.41) is 8.65. The number of rotatable bonds is 3. The zero-order chi connectivity index (χ0) is 15.8. The molecule has 112 valence electrons. The van der Waals surface area contributed by atoms with E-state index in [4.69, 9.17) is 34.1 Å². The van der Waals surface area contributed by atoms with Crippen molar-refractivity contribution in [2.45, 2.75) is 4.90 Å². The van der Waals surface area contributed by atoms with Gasteiger partial charge in [0, 0.05) is 4.47 Å². The van der Waals surface area contributed by atoms with Gasteiger partial charge >= 0.3 is 0 Å². The van der Waals surface area contributed by atoms with E-state index in [0.717, 1.165) is 0 Å². The van der Waals surface area contributed by atoms with Crippen molar-refractivity contribution in [3.05, 3.63) is 44.8 Å². The molecule has 0 aliphatic carbocycles. The maximum absolute atomic E-state index is 11.4. The minimum Gasteiger partial charge on any atom is -0.397 e. The Labute approximate surface area is 140 Å². The van der Waals surface area contributed by atoms with Gasteiger partial charge in [-0.2, -0.15) is 0 Å². The van der Waals surface area contributed by atoms with Crippen LogP contribution in [0.25, 0.3) is 0 Å². The average Bonchev–Trinajstić information content (AvgIpc) is 2.40. The van der Waals surface area contributed by atoms with Crippen molar-refractivity contribution in [1.82, 2.24) is 0 Å². The number of anilines is 3. The molecule has 9 heteroatoms. The molecule has 0 fully saturated rings. The molecular weight excluding hydrogens is 401 g/mol. The smallest absolute Gasteiger partial charge is 0.238 e. The molecule has 2 aromatic carbocycles. The summed E-state index contributed by atoms with van der Waals surface area (Å²) >= 11 is 15.4. The van der Waals surface area contributed by atoms with Crippen LogP contribution in [0.2, 0.25) is 10.0 Å². The lowest BCUT2D eigenvalue weighted by Gasteiger charge is -2.13. The molecule has 0 saturated heterocycles. The summed E-state index contributed by atoms with van der Waals surface area (Å²) in [6, 6.07) is 7.48. The highest BCUT2D eigenvalue weighted by atomic mass is 79.9. The summed E-state index contributed by atoms with van der Waals surface area (Å²) in [5.41, 5.74) is 7.01. The molecular formula is C12H10BrCl2N3O2S. The predicted octanol–water partition coefficient (Wildman–Crippen LogP) is 3.73. The number of benzene rings is 2. The fourth-order valence-corrected chi connectivity index (χ4v) is 2.95. The average molecular weight is 411 g/mol. The number of hydrogen-bond acceptors (Lipinski definition) is 4. The van der Waals surface area contributed by atoms with E-state index in [1.54, 1.807) is 12.1 Å². The molecule has 0 bridgehead atoms. The maximum atomic E-state index is 11.4. The van der Waals surface area contributed by atoms with E-state index in [1.165, 1.54) is 18.2 Å². The zero-order valence-corrected chi connectivity index (χ0v) is 14.3. The summed E-state index contributed by atoms with van der Waals surface area (Å²) in [6.45, 7) is 0. The minimum atomic E-state index is -3.82. The third kappa shape index (κ3) is 3.61. The van der Waals surface area contributed by atoms with Gasteiger partial charge in [-0.25, -0.2) is 13.6 Å². The Morgan fingerprint density at radius 1 is 1.05 bits per heavy atom. The van der Waals surface area contributed by atoms with Gasteiger partial charge in [-0.3, -0.25) is 0 Å². The van der Waals surface area contributed by atoms with E-state index >= 15 is 0 Å². The Balaban J connectivity index is 2.47. The SMILES string of the molecule is Nc1ccc(S(N)(=O)=O)cc1Nc1ccc(Br)c(Cl)c1Cl. The van der Waals surface area contributed by atoms with Gasteiger partial charge in [0.1, 0.15) is 0 Å². The number of halogens is 3.